The van der Waals surface area contributed by atoms with E-state index in [0.717, 1.165) is 0 Å². The molecule has 3 N–H and O–H groups in total. The minimum atomic E-state index is -2.94. The topological polar surface area (TPSA) is 118 Å². The van der Waals surface area contributed by atoms with E-state index >= 15 is 0 Å². The molecule has 0 bridgehead atoms. The maximum absolute atomic E-state index is 11.8. The van der Waals surface area contributed by atoms with Crippen LogP contribution in [0.1, 0.15) is 6.42 Å². The lowest BCUT2D eigenvalue weighted by atomic mass is 10.0. The summed E-state index contributed by atoms with van der Waals surface area (Å²) in [6.07, 6.45) is 0.603. The maximum atomic E-state index is 11.8. The van der Waals surface area contributed by atoms with Crippen LogP contribution in [0, 0.1) is 0 Å². The molecule has 1 amide bonds. The van der Waals surface area contributed by atoms with Crippen LogP contribution in [0.4, 0.5) is 0 Å². The molecule has 0 saturated carbocycles. The Bertz CT molecular complexity index is 660. The molecule has 0 aromatic carbocycles. The van der Waals surface area contributed by atoms with Crippen molar-refractivity contribution < 1.29 is 23.1 Å². The fourth-order valence-electron chi connectivity index (χ4n) is 2.80. The number of hydrogen-bond donors (Lipinski definition) is 2. The number of thioether (sulfide) groups is 2. The molecule has 2 saturated heterocycles. The Morgan fingerprint density at radius 2 is 2.23 bits per heavy atom. The summed E-state index contributed by atoms with van der Waals surface area (Å²) in [5, 5.41) is 9.11. The van der Waals surface area contributed by atoms with Crippen LogP contribution in [0.25, 0.3) is 0 Å². The van der Waals surface area contributed by atoms with Crippen LogP contribution in [0.5, 0.6) is 0 Å². The van der Waals surface area contributed by atoms with Crippen molar-refractivity contribution in [3.05, 3.63) is 11.3 Å². The molecule has 10 heteroatoms. The lowest BCUT2D eigenvalue weighted by Crippen LogP contribution is -2.68. The zero-order chi connectivity index (χ0) is 16.1. The summed E-state index contributed by atoms with van der Waals surface area (Å²) < 4.78 is 22.9. The third-order valence-corrected chi connectivity index (χ3v) is 8.70. The van der Waals surface area contributed by atoms with Gasteiger partial charge in [-0.15, -0.1) is 11.8 Å². The largest absolute Gasteiger partial charge is 0.477 e. The first-order valence-electron chi connectivity index (χ1n) is 6.78. The summed E-state index contributed by atoms with van der Waals surface area (Å²) >= 11 is 2.92. The summed E-state index contributed by atoms with van der Waals surface area (Å²) in [5.41, 5.74) is 6.39. The van der Waals surface area contributed by atoms with Gasteiger partial charge in [0.25, 0.3) is 0 Å². The van der Waals surface area contributed by atoms with Crippen LogP contribution >= 0.6 is 23.5 Å². The van der Waals surface area contributed by atoms with Gasteiger partial charge in [-0.25, -0.2) is 13.2 Å². The van der Waals surface area contributed by atoms with Gasteiger partial charge in [0.05, 0.1) is 11.5 Å². The van der Waals surface area contributed by atoms with Gasteiger partial charge in [-0.3, -0.25) is 9.69 Å². The van der Waals surface area contributed by atoms with Gasteiger partial charge in [0, 0.05) is 16.8 Å². The molecule has 3 aliphatic heterocycles. The highest BCUT2D eigenvalue weighted by Gasteiger charge is 2.51. The summed E-state index contributed by atoms with van der Waals surface area (Å²) in [6.45, 7) is 0. The van der Waals surface area contributed by atoms with Gasteiger partial charge in [-0.2, -0.15) is 11.8 Å². The van der Waals surface area contributed by atoms with Crippen molar-refractivity contribution in [1.82, 2.24) is 4.90 Å². The highest BCUT2D eigenvalue weighted by Crippen LogP contribution is 2.40. The van der Waals surface area contributed by atoms with E-state index in [1.165, 1.54) is 28.4 Å². The molecule has 3 heterocycles. The zero-order valence-corrected chi connectivity index (χ0v) is 14.0. The molecule has 122 valence electrons. The predicted octanol–water partition coefficient (Wildman–Crippen LogP) is -0.512. The molecular weight excluding hydrogens is 348 g/mol. The monoisotopic (exact) mass is 364 g/mol. The molecule has 0 aliphatic carbocycles. The lowest BCUT2D eigenvalue weighted by Gasteiger charge is -2.48. The second-order valence-corrected chi connectivity index (χ2v) is 10.2. The van der Waals surface area contributed by atoms with Crippen LogP contribution < -0.4 is 5.73 Å². The number of rotatable bonds is 4. The molecule has 22 heavy (non-hydrogen) atoms. The van der Waals surface area contributed by atoms with Crippen molar-refractivity contribution in [2.45, 2.75) is 23.1 Å². The number of sulfone groups is 1. The van der Waals surface area contributed by atoms with E-state index < -0.39 is 21.8 Å². The van der Waals surface area contributed by atoms with Crippen molar-refractivity contribution in [2.75, 3.05) is 23.0 Å². The molecule has 0 aromatic rings. The first kappa shape index (κ1) is 16.2. The number of nitrogens with zero attached hydrogens (tertiary/aromatic N) is 1. The lowest BCUT2D eigenvalue weighted by molar-refractivity contribution is -0.147. The van der Waals surface area contributed by atoms with Crippen LogP contribution in [-0.4, -0.2) is 70.0 Å². The van der Waals surface area contributed by atoms with E-state index in [0.29, 0.717) is 23.5 Å². The van der Waals surface area contributed by atoms with E-state index in [2.05, 4.69) is 0 Å². The number of β-lactam (4-membered cyclic amide) rings is 1. The first-order valence-corrected chi connectivity index (χ1v) is 10.7. The van der Waals surface area contributed by atoms with Crippen LogP contribution in [0.2, 0.25) is 0 Å². The van der Waals surface area contributed by atoms with Gasteiger partial charge >= 0.3 is 5.97 Å². The second-order valence-electron chi connectivity index (χ2n) is 5.53. The molecule has 7 nitrogen and oxygen atoms in total. The Hall–Kier alpha value is -0.710. The third-order valence-electron chi connectivity index (χ3n) is 3.97. The number of carbonyl (C=O) groups is 2. The summed E-state index contributed by atoms with van der Waals surface area (Å²) in [6, 6.07) is -0.631. The number of hydrogen-bond acceptors (Lipinski definition) is 7. The standard InChI is InChI=1S/C12H16N2O5S3/c13-8-10(15)14-9(12(16)17)6(4-21-11(8)14)3-20-7-1-2-22(18,19)5-7/h7-8,11H,1-5,13H2,(H,16,17)/t7?,8-,11-/m1/s1. The van der Waals surface area contributed by atoms with Gasteiger partial charge in [0.2, 0.25) is 5.91 Å². The molecular formula is C12H16N2O5S3. The Labute approximate surface area is 136 Å². The fraction of sp³-hybridized carbons (Fsp3) is 0.667. The molecule has 3 atom stereocenters. The van der Waals surface area contributed by atoms with Crippen LogP contribution in [-0.2, 0) is 19.4 Å². The summed E-state index contributed by atoms with van der Waals surface area (Å²) in [4.78, 5) is 24.6. The molecule has 1 unspecified atom stereocenters. The maximum Gasteiger partial charge on any atom is 0.352 e. The van der Waals surface area contributed by atoms with E-state index in [1.54, 1.807) is 0 Å². The van der Waals surface area contributed by atoms with Crippen molar-refractivity contribution in [1.29, 1.82) is 0 Å². The Morgan fingerprint density at radius 1 is 1.50 bits per heavy atom. The number of carboxylic acid groups (broad SMARTS) is 1. The molecule has 0 aromatic heterocycles. The number of amides is 1. The number of carboxylic acids is 1. The average Bonchev–Trinajstić information content (AvgIpc) is 2.82. The zero-order valence-electron chi connectivity index (χ0n) is 11.6. The van der Waals surface area contributed by atoms with E-state index in [-0.39, 0.29) is 33.7 Å². The first-order chi connectivity index (χ1) is 10.3. The summed E-state index contributed by atoms with van der Waals surface area (Å²) in [7, 11) is -2.94. The molecule has 0 radical (unpaired) electrons. The van der Waals surface area contributed by atoms with Crippen molar-refractivity contribution in [3.8, 4) is 0 Å². The minimum Gasteiger partial charge on any atom is -0.477 e. The fourth-order valence-corrected chi connectivity index (χ4v) is 7.88. The third kappa shape index (κ3) is 2.77. The average molecular weight is 364 g/mol. The van der Waals surface area contributed by atoms with Crippen molar-refractivity contribution in [2.24, 2.45) is 5.73 Å². The van der Waals surface area contributed by atoms with Crippen LogP contribution in [0.15, 0.2) is 11.3 Å². The van der Waals surface area contributed by atoms with E-state index in [9.17, 15) is 23.1 Å². The number of carbonyl (C=O) groups excluding carboxylic acids is 1. The number of nitrogens with two attached hydrogens (primary N) is 1. The van der Waals surface area contributed by atoms with E-state index in [4.69, 9.17) is 5.73 Å². The normalized spacial score (nSPS) is 33.6. The smallest absolute Gasteiger partial charge is 0.352 e. The Kier molecular flexibility index (Phi) is 4.21. The number of fused-ring (bicyclic) bond motifs is 1. The highest BCUT2D eigenvalue weighted by molar-refractivity contribution is 8.02. The van der Waals surface area contributed by atoms with Gasteiger partial charge in [0.1, 0.15) is 17.1 Å². The Balaban J connectivity index is 1.73. The van der Waals surface area contributed by atoms with Crippen LogP contribution in [0.3, 0.4) is 0 Å². The predicted molar refractivity (Wildman–Crippen MR) is 85.2 cm³/mol. The SMILES string of the molecule is N[C@@H]1C(=O)N2C(C(=O)O)=C(CSC3CCS(=O)(=O)C3)CS[C@H]12. The van der Waals surface area contributed by atoms with E-state index in [1.807, 2.05) is 0 Å². The molecule has 2 fully saturated rings. The van der Waals surface area contributed by atoms with Crippen molar-refractivity contribution in [3.63, 3.8) is 0 Å². The highest BCUT2D eigenvalue weighted by atomic mass is 32.2. The minimum absolute atomic E-state index is 0.00428. The quantitative estimate of drug-likeness (QED) is 0.640. The Morgan fingerprint density at radius 3 is 2.82 bits per heavy atom. The molecule has 3 aliphatic rings. The van der Waals surface area contributed by atoms with Gasteiger partial charge < -0.3 is 10.8 Å². The number of aliphatic carboxylic acids is 1. The van der Waals surface area contributed by atoms with Gasteiger partial charge in [-0.05, 0) is 12.0 Å². The summed E-state index contributed by atoms with van der Waals surface area (Å²) in [5.74, 6) is -0.195. The van der Waals surface area contributed by atoms with Gasteiger partial charge in [-0.1, -0.05) is 0 Å². The second kappa shape index (κ2) is 5.73. The van der Waals surface area contributed by atoms with Crippen molar-refractivity contribution >= 4 is 45.2 Å². The molecule has 3 rings (SSSR count). The molecule has 0 spiro atoms. The van der Waals surface area contributed by atoms with Gasteiger partial charge in [0.15, 0.2) is 9.84 Å².